The minimum atomic E-state index is -0.786. The summed E-state index contributed by atoms with van der Waals surface area (Å²) in [6.45, 7) is 1.21. The van der Waals surface area contributed by atoms with Crippen LogP contribution >= 0.6 is 11.6 Å². The molecule has 160 valence electrons. The summed E-state index contributed by atoms with van der Waals surface area (Å²) in [5.74, 6) is -2.02. The van der Waals surface area contributed by atoms with E-state index in [2.05, 4.69) is 10.4 Å². The van der Waals surface area contributed by atoms with Crippen molar-refractivity contribution in [1.82, 2.24) is 9.78 Å². The Bertz CT molecular complexity index is 1110. The average Bonchev–Trinajstić information content (AvgIpc) is 3.16. The molecule has 0 spiro atoms. The molecule has 0 radical (unpaired) electrons. The average molecular weight is 443 g/mol. The molecule has 0 fully saturated rings. The molecule has 3 rings (SSSR count). The molecule has 0 bridgehead atoms. The molecular weight excluding hydrogens is 424 g/mol. The van der Waals surface area contributed by atoms with Crippen LogP contribution in [0.1, 0.15) is 27.6 Å². The molecule has 0 saturated carbocycles. The van der Waals surface area contributed by atoms with E-state index in [1.165, 1.54) is 29.1 Å². The van der Waals surface area contributed by atoms with Gasteiger partial charge in [0.1, 0.15) is 5.56 Å². The second-order valence-electron chi connectivity index (χ2n) is 6.23. The maximum atomic E-state index is 12.5. The van der Waals surface area contributed by atoms with E-state index < -0.39 is 24.5 Å². The largest absolute Gasteiger partial charge is 0.462 e. The summed E-state index contributed by atoms with van der Waals surface area (Å²) in [6, 6.07) is 13.2. The van der Waals surface area contributed by atoms with Crippen molar-refractivity contribution < 1.29 is 23.9 Å². The fourth-order valence-corrected chi connectivity index (χ4v) is 2.87. The van der Waals surface area contributed by atoms with Gasteiger partial charge in [0.25, 0.3) is 5.91 Å². The van der Waals surface area contributed by atoms with Gasteiger partial charge < -0.3 is 20.5 Å². The zero-order valence-electron chi connectivity index (χ0n) is 16.5. The minimum absolute atomic E-state index is 0.0623. The number of halogens is 1. The van der Waals surface area contributed by atoms with E-state index in [0.29, 0.717) is 10.7 Å². The maximum absolute atomic E-state index is 12.5. The van der Waals surface area contributed by atoms with Crippen molar-refractivity contribution in [3.05, 3.63) is 70.9 Å². The molecule has 1 amide bonds. The van der Waals surface area contributed by atoms with Gasteiger partial charge >= 0.3 is 11.9 Å². The Hall–Kier alpha value is -3.85. The van der Waals surface area contributed by atoms with Crippen molar-refractivity contribution >= 4 is 41.0 Å². The van der Waals surface area contributed by atoms with Gasteiger partial charge in [0, 0.05) is 10.7 Å². The van der Waals surface area contributed by atoms with Crippen LogP contribution in [0.5, 0.6) is 0 Å². The Morgan fingerprint density at radius 1 is 1.06 bits per heavy atom. The first kappa shape index (κ1) is 21.8. The molecule has 0 unspecified atom stereocenters. The molecule has 3 N–H and O–H groups in total. The van der Waals surface area contributed by atoms with Crippen LogP contribution in [-0.2, 0) is 14.3 Å². The van der Waals surface area contributed by atoms with Gasteiger partial charge in [0.15, 0.2) is 12.4 Å². The first-order chi connectivity index (χ1) is 14.9. The van der Waals surface area contributed by atoms with Crippen LogP contribution < -0.4 is 11.1 Å². The molecule has 0 saturated heterocycles. The lowest BCUT2D eigenvalue weighted by atomic mass is 10.2. The molecule has 31 heavy (non-hydrogen) atoms. The van der Waals surface area contributed by atoms with Crippen LogP contribution in [0.2, 0.25) is 5.02 Å². The molecule has 10 heteroatoms. The Balaban J connectivity index is 1.77. The summed E-state index contributed by atoms with van der Waals surface area (Å²) in [6.07, 6.45) is 1.29. The number of amides is 1. The Morgan fingerprint density at radius 3 is 2.45 bits per heavy atom. The quantitative estimate of drug-likeness (QED) is 0.425. The molecule has 1 aromatic heterocycles. The van der Waals surface area contributed by atoms with E-state index >= 15 is 0 Å². The predicted molar refractivity (Wildman–Crippen MR) is 114 cm³/mol. The van der Waals surface area contributed by atoms with E-state index in [9.17, 15) is 14.4 Å². The number of esters is 2. The van der Waals surface area contributed by atoms with Crippen LogP contribution in [0.4, 0.5) is 11.5 Å². The highest BCUT2D eigenvalue weighted by Gasteiger charge is 2.22. The summed E-state index contributed by atoms with van der Waals surface area (Å²) in [7, 11) is 0. The van der Waals surface area contributed by atoms with Gasteiger partial charge in [-0.05, 0) is 37.3 Å². The van der Waals surface area contributed by atoms with Gasteiger partial charge in [0.2, 0.25) is 0 Å². The second-order valence-corrected chi connectivity index (χ2v) is 6.67. The number of ether oxygens (including phenoxy) is 2. The third kappa shape index (κ3) is 5.20. The zero-order valence-corrected chi connectivity index (χ0v) is 17.3. The van der Waals surface area contributed by atoms with E-state index in [0.717, 1.165) is 0 Å². The molecule has 9 nitrogen and oxygen atoms in total. The van der Waals surface area contributed by atoms with Crippen molar-refractivity contribution in [2.24, 2.45) is 0 Å². The lowest BCUT2D eigenvalue weighted by molar-refractivity contribution is -0.119. The number of benzene rings is 2. The normalized spacial score (nSPS) is 10.4. The summed E-state index contributed by atoms with van der Waals surface area (Å²) < 4.78 is 11.4. The molecule has 2 aromatic carbocycles. The van der Waals surface area contributed by atoms with Crippen LogP contribution in [0, 0.1) is 0 Å². The molecule has 0 atom stereocenters. The highest BCUT2D eigenvalue weighted by Crippen LogP contribution is 2.22. The number of nitrogens with one attached hydrogen (secondary N) is 1. The van der Waals surface area contributed by atoms with Gasteiger partial charge in [-0.3, -0.25) is 4.79 Å². The number of anilines is 2. The van der Waals surface area contributed by atoms with Crippen LogP contribution in [0.25, 0.3) is 5.69 Å². The topological polar surface area (TPSA) is 126 Å². The SMILES string of the molecule is CCOC(=O)c1cnn(-c2ccccc2)c1NC(=O)COC(=O)c1ccc(Cl)cc1N. The summed E-state index contributed by atoms with van der Waals surface area (Å²) in [5.41, 5.74) is 6.64. The van der Waals surface area contributed by atoms with Gasteiger partial charge in [-0.2, -0.15) is 5.10 Å². The summed E-state index contributed by atoms with van der Waals surface area (Å²) in [4.78, 5) is 37.0. The molecule has 3 aromatic rings. The smallest absolute Gasteiger partial charge is 0.343 e. The van der Waals surface area contributed by atoms with Crippen molar-refractivity contribution in [1.29, 1.82) is 0 Å². The lowest BCUT2D eigenvalue weighted by Gasteiger charge is -2.12. The number of hydrogen-bond donors (Lipinski definition) is 2. The lowest BCUT2D eigenvalue weighted by Crippen LogP contribution is -2.24. The summed E-state index contributed by atoms with van der Waals surface area (Å²) >= 11 is 5.81. The van der Waals surface area contributed by atoms with Crippen LogP contribution in [-0.4, -0.2) is 40.8 Å². The number of nitrogens with zero attached hydrogens (tertiary/aromatic N) is 2. The predicted octanol–water partition coefficient (Wildman–Crippen LogP) is 3.08. The zero-order chi connectivity index (χ0) is 22.4. The fourth-order valence-electron chi connectivity index (χ4n) is 2.69. The molecule has 1 heterocycles. The van der Waals surface area contributed by atoms with E-state index in [1.54, 1.807) is 31.2 Å². The summed E-state index contributed by atoms with van der Waals surface area (Å²) in [5, 5.41) is 7.10. The van der Waals surface area contributed by atoms with Crippen molar-refractivity contribution in [2.75, 3.05) is 24.3 Å². The van der Waals surface area contributed by atoms with Crippen LogP contribution in [0.3, 0.4) is 0 Å². The Kier molecular flexibility index (Phi) is 6.88. The minimum Gasteiger partial charge on any atom is -0.462 e. The number of carbonyl (C=O) groups excluding carboxylic acids is 3. The van der Waals surface area contributed by atoms with Crippen molar-refractivity contribution in [3.8, 4) is 5.69 Å². The molecule has 0 aliphatic rings. The standard InChI is InChI=1S/C21H19ClN4O5/c1-2-30-21(29)16-11-24-26(14-6-4-3-5-7-14)19(16)25-18(27)12-31-20(28)15-9-8-13(22)10-17(15)23/h3-11H,2,12,23H2,1H3,(H,25,27). The van der Waals surface area contributed by atoms with Gasteiger partial charge in [0.05, 0.1) is 24.1 Å². The molecule has 0 aliphatic carbocycles. The van der Waals surface area contributed by atoms with Crippen molar-refractivity contribution in [2.45, 2.75) is 6.92 Å². The van der Waals surface area contributed by atoms with E-state index in [1.807, 2.05) is 6.07 Å². The first-order valence-corrected chi connectivity index (χ1v) is 9.61. The number of nitrogen functional groups attached to an aromatic ring is 1. The molecular formula is C21H19ClN4O5. The van der Waals surface area contributed by atoms with E-state index in [-0.39, 0.29) is 29.2 Å². The maximum Gasteiger partial charge on any atom is 0.343 e. The third-order valence-electron chi connectivity index (χ3n) is 4.09. The Morgan fingerprint density at radius 2 is 1.77 bits per heavy atom. The number of aromatic nitrogens is 2. The Labute approximate surface area is 182 Å². The van der Waals surface area contributed by atoms with Gasteiger partial charge in [-0.25, -0.2) is 14.3 Å². The van der Waals surface area contributed by atoms with Gasteiger partial charge in [-0.1, -0.05) is 29.8 Å². The number of hydrogen-bond acceptors (Lipinski definition) is 7. The number of para-hydroxylation sites is 1. The van der Waals surface area contributed by atoms with Crippen molar-refractivity contribution in [3.63, 3.8) is 0 Å². The number of carbonyl (C=O) groups is 3. The molecule has 0 aliphatic heterocycles. The van der Waals surface area contributed by atoms with E-state index in [4.69, 9.17) is 26.8 Å². The highest BCUT2D eigenvalue weighted by atomic mass is 35.5. The third-order valence-corrected chi connectivity index (χ3v) is 4.33. The van der Waals surface area contributed by atoms with Gasteiger partial charge in [-0.15, -0.1) is 0 Å². The van der Waals surface area contributed by atoms with Crippen LogP contribution in [0.15, 0.2) is 54.7 Å². The number of rotatable bonds is 7. The monoisotopic (exact) mass is 442 g/mol. The second kappa shape index (κ2) is 9.77. The fraction of sp³-hybridized carbons (Fsp3) is 0.143. The first-order valence-electron chi connectivity index (χ1n) is 9.23. The number of nitrogens with two attached hydrogens (primary N) is 1. The highest BCUT2D eigenvalue weighted by molar-refractivity contribution is 6.31.